The Morgan fingerprint density at radius 1 is 1.35 bits per heavy atom. The van der Waals surface area contributed by atoms with E-state index in [0.717, 1.165) is 35.5 Å². The number of aryl methyl sites for hydroxylation is 2. The Morgan fingerprint density at radius 2 is 2.10 bits per heavy atom. The molecular weight excluding hydrogens is 266 g/mol. The quantitative estimate of drug-likeness (QED) is 0.868. The van der Waals surface area contributed by atoms with Crippen LogP contribution in [0.5, 0.6) is 0 Å². The van der Waals surface area contributed by atoms with Crippen LogP contribution in [0.3, 0.4) is 0 Å². The lowest BCUT2D eigenvalue weighted by molar-refractivity contribution is 0.278. The Bertz CT molecular complexity index is 658. The molecule has 2 N–H and O–H groups in total. The summed E-state index contributed by atoms with van der Waals surface area (Å²) in [6, 6.07) is 2.24. The summed E-state index contributed by atoms with van der Waals surface area (Å²) in [5.74, 6) is 0.843. The zero-order valence-electron chi connectivity index (χ0n) is 12.5. The summed E-state index contributed by atoms with van der Waals surface area (Å²) in [5, 5.41) is 0. The second-order valence-corrected chi connectivity index (χ2v) is 8.03. The van der Waals surface area contributed by atoms with Gasteiger partial charge in [-0.3, -0.25) is 0 Å². The van der Waals surface area contributed by atoms with E-state index < -0.39 is 0 Å². The van der Waals surface area contributed by atoms with Gasteiger partial charge in [0.15, 0.2) is 5.82 Å². The van der Waals surface area contributed by atoms with Crippen LogP contribution in [0.1, 0.15) is 47.3 Å². The van der Waals surface area contributed by atoms with Crippen molar-refractivity contribution in [2.45, 2.75) is 46.6 Å². The number of rotatable bonds is 1. The minimum Gasteiger partial charge on any atom is -0.324 e. The van der Waals surface area contributed by atoms with Crippen LogP contribution >= 0.6 is 11.3 Å². The van der Waals surface area contributed by atoms with Crippen molar-refractivity contribution in [3.05, 3.63) is 33.3 Å². The Morgan fingerprint density at radius 3 is 2.75 bits per heavy atom. The minimum absolute atomic E-state index is 0.0631. The zero-order valence-corrected chi connectivity index (χ0v) is 13.3. The van der Waals surface area contributed by atoms with Crippen molar-refractivity contribution in [1.29, 1.82) is 0 Å². The third-order valence-electron chi connectivity index (χ3n) is 4.00. The number of thiophene rings is 1. The van der Waals surface area contributed by atoms with Gasteiger partial charge in [0.25, 0.3) is 0 Å². The molecule has 4 heteroatoms. The van der Waals surface area contributed by atoms with E-state index in [0.29, 0.717) is 0 Å². The number of nitrogens with zero attached hydrogens (tertiary/aromatic N) is 2. The molecule has 2 aromatic heterocycles. The average Bonchev–Trinajstić information content (AvgIpc) is 2.66. The van der Waals surface area contributed by atoms with Crippen LogP contribution in [0, 0.1) is 19.3 Å². The highest BCUT2D eigenvalue weighted by molar-refractivity contribution is 7.12. The molecule has 1 aliphatic carbocycles. The van der Waals surface area contributed by atoms with Crippen molar-refractivity contribution in [3.8, 4) is 11.4 Å². The van der Waals surface area contributed by atoms with E-state index in [9.17, 15) is 0 Å². The Balaban J connectivity index is 2.07. The maximum atomic E-state index is 6.27. The molecule has 0 radical (unpaired) electrons. The number of fused-ring (bicyclic) bond motifs is 1. The zero-order chi connectivity index (χ0) is 14.5. The van der Waals surface area contributed by atoms with Crippen LogP contribution < -0.4 is 5.73 Å². The van der Waals surface area contributed by atoms with Crippen molar-refractivity contribution < 1.29 is 0 Å². The molecule has 0 fully saturated rings. The van der Waals surface area contributed by atoms with E-state index in [-0.39, 0.29) is 11.5 Å². The molecule has 1 atom stereocenters. The lowest BCUT2D eigenvalue weighted by Gasteiger charge is -2.34. The number of aromatic nitrogens is 2. The van der Waals surface area contributed by atoms with Gasteiger partial charge in [0, 0.05) is 38.8 Å². The Labute approximate surface area is 124 Å². The van der Waals surface area contributed by atoms with Crippen molar-refractivity contribution >= 4 is 11.3 Å². The maximum absolute atomic E-state index is 6.27. The summed E-state index contributed by atoms with van der Waals surface area (Å²) in [4.78, 5) is 12.0. The predicted octanol–water partition coefficient (Wildman–Crippen LogP) is 3.79. The van der Waals surface area contributed by atoms with Gasteiger partial charge in [-0.05, 0) is 38.2 Å². The van der Waals surface area contributed by atoms with E-state index in [4.69, 9.17) is 10.7 Å². The molecule has 20 heavy (non-hydrogen) atoms. The molecule has 106 valence electrons. The van der Waals surface area contributed by atoms with Crippen molar-refractivity contribution in [1.82, 2.24) is 9.97 Å². The first kappa shape index (κ1) is 13.7. The Hall–Kier alpha value is -1.26. The molecule has 3 rings (SSSR count). The Kier molecular flexibility index (Phi) is 3.18. The highest BCUT2D eigenvalue weighted by atomic mass is 32.1. The third-order valence-corrected chi connectivity index (χ3v) is 4.97. The van der Waals surface area contributed by atoms with Crippen molar-refractivity contribution in [2.24, 2.45) is 11.1 Å². The van der Waals surface area contributed by atoms with E-state index >= 15 is 0 Å². The third kappa shape index (κ3) is 2.38. The molecule has 0 saturated carbocycles. The predicted molar refractivity (Wildman–Crippen MR) is 83.8 cm³/mol. The van der Waals surface area contributed by atoms with Crippen molar-refractivity contribution in [2.75, 3.05) is 0 Å². The van der Waals surface area contributed by atoms with Gasteiger partial charge in [-0.25, -0.2) is 9.97 Å². The first-order valence-corrected chi connectivity index (χ1v) is 7.86. The number of hydrogen-bond donors (Lipinski definition) is 1. The van der Waals surface area contributed by atoms with Gasteiger partial charge in [-0.1, -0.05) is 13.8 Å². The standard InChI is InChI=1S/C16H21N3S/c1-9-5-11(10(2)20-9)15-18-8-12-13(17)6-16(3,4)7-14(12)19-15/h5,8,13H,6-7,17H2,1-4H3. The van der Waals surface area contributed by atoms with Crippen molar-refractivity contribution in [3.63, 3.8) is 0 Å². The first-order valence-electron chi connectivity index (χ1n) is 7.04. The van der Waals surface area contributed by atoms with Gasteiger partial charge in [0.2, 0.25) is 0 Å². The number of nitrogens with two attached hydrogens (primary N) is 1. The lowest BCUT2D eigenvalue weighted by Crippen LogP contribution is -2.30. The maximum Gasteiger partial charge on any atom is 0.160 e. The fourth-order valence-corrected chi connectivity index (χ4v) is 4.01. The highest BCUT2D eigenvalue weighted by Crippen LogP contribution is 2.39. The van der Waals surface area contributed by atoms with Gasteiger partial charge in [-0.2, -0.15) is 0 Å². The lowest BCUT2D eigenvalue weighted by atomic mass is 9.74. The van der Waals surface area contributed by atoms with E-state index in [1.165, 1.54) is 9.75 Å². The van der Waals surface area contributed by atoms with Crippen LogP contribution in [-0.2, 0) is 6.42 Å². The first-order chi connectivity index (χ1) is 9.35. The summed E-state index contributed by atoms with van der Waals surface area (Å²) >= 11 is 1.80. The number of hydrogen-bond acceptors (Lipinski definition) is 4. The second-order valence-electron chi connectivity index (χ2n) is 6.57. The molecule has 0 amide bonds. The summed E-state index contributed by atoms with van der Waals surface area (Å²) in [5.41, 5.74) is 9.90. The molecule has 0 spiro atoms. The molecule has 2 aromatic rings. The van der Waals surface area contributed by atoms with Gasteiger partial charge >= 0.3 is 0 Å². The molecular formula is C16H21N3S. The fraction of sp³-hybridized carbons (Fsp3) is 0.500. The molecule has 0 aromatic carbocycles. The van der Waals surface area contributed by atoms with Crippen LogP contribution in [0.25, 0.3) is 11.4 Å². The largest absolute Gasteiger partial charge is 0.324 e. The van der Waals surface area contributed by atoms with Gasteiger partial charge in [0.1, 0.15) is 0 Å². The van der Waals surface area contributed by atoms with Crippen LogP contribution in [-0.4, -0.2) is 9.97 Å². The van der Waals surface area contributed by atoms with Crippen LogP contribution in [0.15, 0.2) is 12.3 Å². The van der Waals surface area contributed by atoms with E-state index in [1.54, 1.807) is 11.3 Å². The molecule has 1 aliphatic rings. The molecule has 3 nitrogen and oxygen atoms in total. The average molecular weight is 287 g/mol. The molecule has 2 heterocycles. The minimum atomic E-state index is 0.0631. The van der Waals surface area contributed by atoms with E-state index in [2.05, 4.69) is 38.7 Å². The van der Waals surface area contributed by atoms with Crippen LogP contribution in [0.2, 0.25) is 0 Å². The molecule has 0 saturated heterocycles. The van der Waals surface area contributed by atoms with E-state index in [1.807, 2.05) is 6.20 Å². The fourth-order valence-electron chi connectivity index (χ4n) is 3.09. The van der Waals surface area contributed by atoms with Gasteiger partial charge < -0.3 is 5.73 Å². The second kappa shape index (κ2) is 4.64. The molecule has 0 bridgehead atoms. The normalized spacial score (nSPS) is 20.8. The summed E-state index contributed by atoms with van der Waals surface area (Å²) in [7, 11) is 0. The molecule has 0 aliphatic heterocycles. The molecule has 1 unspecified atom stereocenters. The monoisotopic (exact) mass is 287 g/mol. The summed E-state index contributed by atoms with van der Waals surface area (Å²) in [6.07, 6.45) is 3.91. The SMILES string of the molecule is Cc1cc(-c2ncc3c(n2)CC(C)(C)CC3N)c(C)s1. The van der Waals surface area contributed by atoms with Crippen LogP contribution in [0.4, 0.5) is 0 Å². The summed E-state index contributed by atoms with van der Waals surface area (Å²) < 4.78 is 0. The highest BCUT2D eigenvalue weighted by Gasteiger charge is 2.31. The van der Waals surface area contributed by atoms with Gasteiger partial charge in [0.05, 0.1) is 0 Å². The van der Waals surface area contributed by atoms with Gasteiger partial charge in [-0.15, -0.1) is 11.3 Å². The summed E-state index contributed by atoms with van der Waals surface area (Å²) in [6.45, 7) is 8.78. The topological polar surface area (TPSA) is 51.8 Å². The smallest absolute Gasteiger partial charge is 0.160 e.